The van der Waals surface area contributed by atoms with E-state index in [1.807, 2.05) is 0 Å². The molecule has 296 valence electrons. The van der Waals surface area contributed by atoms with Gasteiger partial charge in [-0.25, -0.2) is 4.39 Å². The molecule has 6 N–H and O–H groups in total. The van der Waals surface area contributed by atoms with E-state index in [0.717, 1.165) is 64.2 Å². The monoisotopic (exact) mass is 736 g/mol. The first kappa shape index (κ1) is 44.3. The lowest BCUT2D eigenvalue weighted by Gasteiger charge is -2.66. The third kappa shape index (κ3) is 15.7. The molecule has 50 heavy (non-hydrogen) atoms. The summed E-state index contributed by atoms with van der Waals surface area (Å²) in [6.07, 6.45) is 21.3. The second kappa shape index (κ2) is 24.4. The van der Waals surface area contributed by atoms with Crippen molar-refractivity contribution in [1.29, 1.82) is 0 Å². The standard InChI is InChI=1S/C39H74FNO8S/c1-2-3-4-5-6-7-8-9-10-11-14-17-20-23-32(43)31(27-48-37-36(46)35(45)34(44)33(26-42)49-37)41-50(47)25-22-19-16-13-12-15-18-21-24-38-28-39(40,29-38)30-38/h31-37,41-46H,2-30H2,1H3/t31-,32+,33?,34-,35?,36-,37-,38?,39?,50?/m0/s1. The number of alkyl halides is 1. The normalized spacial score (nSPS) is 30.8. The van der Waals surface area contributed by atoms with E-state index in [0.29, 0.717) is 17.6 Å². The molecule has 0 radical (unpaired) electrons. The summed E-state index contributed by atoms with van der Waals surface area (Å²) in [6, 6.07) is -0.679. The highest BCUT2D eigenvalue weighted by atomic mass is 32.2. The number of rotatable bonds is 32. The number of hydrogen-bond acceptors (Lipinski definition) is 9. The molecule has 0 aromatic heterocycles. The lowest BCUT2D eigenvalue weighted by molar-refractivity contribution is -0.302. The average Bonchev–Trinajstić information content (AvgIpc) is 3.07. The number of unbranched alkanes of at least 4 members (excludes halogenated alkanes) is 19. The van der Waals surface area contributed by atoms with Crippen LogP contribution in [0.4, 0.5) is 4.39 Å². The van der Waals surface area contributed by atoms with Gasteiger partial charge in [-0.1, -0.05) is 129 Å². The fraction of sp³-hybridized carbons (Fsp3) is 1.00. The van der Waals surface area contributed by atoms with Crippen LogP contribution in [0.15, 0.2) is 0 Å². The predicted molar refractivity (Wildman–Crippen MR) is 198 cm³/mol. The van der Waals surface area contributed by atoms with Crippen molar-refractivity contribution in [2.24, 2.45) is 5.41 Å². The maximum absolute atomic E-state index is 13.7. The van der Waals surface area contributed by atoms with Gasteiger partial charge in [-0.2, -0.15) is 0 Å². The minimum Gasteiger partial charge on any atom is -0.598 e. The van der Waals surface area contributed by atoms with Gasteiger partial charge in [0.15, 0.2) is 6.29 Å². The van der Waals surface area contributed by atoms with Gasteiger partial charge in [0.2, 0.25) is 0 Å². The van der Waals surface area contributed by atoms with Gasteiger partial charge in [0, 0.05) is 11.4 Å². The number of nitrogens with one attached hydrogen (secondary N) is 1. The molecule has 1 saturated heterocycles. The Morgan fingerprint density at radius 2 is 1.26 bits per heavy atom. The number of hydrogen-bond donors (Lipinski definition) is 6. The molecule has 9 nitrogen and oxygen atoms in total. The zero-order valence-corrected chi connectivity index (χ0v) is 32.1. The first-order valence-corrected chi connectivity index (χ1v) is 21.9. The van der Waals surface area contributed by atoms with E-state index >= 15 is 0 Å². The Labute approximate surface area is 306 Å². The zero-order valence-electron chi connectivity index (χ0n) is 31.3. The summed E-state index contributed by atoms with van der Waals surface area (Å²) in [6.45, 7) is 1.57. The first-order chi connectivity index (χ1) is 24.1. The maximum atomic E-state index is 13.7. The first-order valence-electron chi connectivity index (χ1n) is 20.6. The number of halogens is 1. The molecule has 11 heteroatoms. The van der Waals surface area contributed by atoms with E-state index in [1.165, 1.54) is 96.3 Å². The summed E-state index contributed by atoms with van der Waals surface area (Å²) < 4.78 is 41.0. The fourth-order valence-electron chi connectivity index (χ4n) is 8.35. The van der Waals surface area contributed by atoms with Crippen LogP contribution in [0.1, 0.15) is 174 Å². The van der Waals surface area contributed by atoms with Gasteiger partial charge in [-0.15, -0.1) is 4.72 Å². The van der Waals surface area contributed by atoms with Crippen LogP contribution in [0.2, 0.25) is 0 Å². The topological polar surface area (TPSA) is 155 Å². The number of aliphatic hydroxyl groups excluding tert-OH is 5. The van der Waals surface area contributed by atoms with Gasteiger partial charge in [0.1, 0.15) is 41.9 Å². The van der Waals surface area contributed by atoms with E-state index in [2.05, 4.69) is 11.6 Å². The second-order valence-corrected chi connectivity index (χ2v) is 17.5. The van der Waals surface area contributed by atoms with E-state index in [1.54, 1.807) is 0 Å². The van der Waals surface area contributed by atoms with Crippen LogP contribution in [0.3, 0.4) is 0 Å². The Morgan fingerprint density at radius 3 is 1.78 bits per heavy atom. The summed E-state index contributed by atoms with van der Waals surface area (Å²) in [7, 11) is 0. The van der Waals surface area contributed by atoms with Crippen molar-refractivity contribution in [2.75, 3.05) is 19.0 Å². The van der Waals surface area contributed by atoms with E-state index < -0.39 is 66.5 Å². The van der Waals surface area contributed by atoms with Gasteiger partial charge in [0.05, 0.1) is 19.3 Å². The minimum atomic E-state index is -1.55. The van der Waals surface area contributed by atoms with Gasteiger partial charge < -0.3 is 39.6 Å². The molecule has 0 aromatic rings. The molecule has 3 unspecified atom stereocenters. The van der Waals surface area contributed by atoms with Crippen molar-refractivity contribution in [2.45, 2.75) is 222 Å². The second-order valence-electron chi connectivity index (χ2n) is 16.2. The molecule has 2 bridgehead atoms. The van der Waals surface area contributed by atoms with Crippen LogP contribution in [0.5, 0.6) is 0 Å². The Balaban J connectivity index is 1.29. The summed E-state index contributed by atoms with van der Waals surface area (Å²) in [5.74, 6) is 0.458. The lowest BCUT2D eigenvalue weighted by Crippen LogP contribution is -2.64. The molecule has 4 aliphatic rings. The highest BCUT2D eigenvalue weighted by Gasteiger charge is 2.68. The van der Waals surface area contributed by atoms with E-state index in [4.69, 9.17) is 9.47 Å². The van der Waals surface area contributed by atoms with Crippen molar-refractivity contribution in [3.05, 3.63) is 0 Å². The van der Waals surface area contributed by atoms with Crippen LogP contribution in [-0.4, -0.2) is 97.6 Å². The van der Waals surface area contributed by atoms with Crippen LogP contribution in [0.25, 0.3) is 0 Å². The minimum absolute atomic E-state index is 0.121. The maximum Gasteiger partial charge on any atom is 0.186 e. The largest absolute Gasteiger partial charge is 0.598 e. The van der Waals surface area contributed by atoms with E-state index in [-0.39, 0.29) is 6.61 Å². The molecule has 1 heterocycles. The predicted octanol–water partition coefficient (Wildman–Crippen LogP) is 6.67. The van der Waals surface area contributed by atoms with Crippen molar-refractivity contribution in [1.82, 2.24) is 4.72 Å². The van der Waals surface area contributed by atoms with Crippen molar-refractivity contribution >= 4 is 11.4 Å². The zero-order chi connectivity index (χ0) is 36.2. The van der Waals surface area contributed by atoms with Gasteiger partial charge >= 0.3 is 0 Å². The van der Waals surface area contributed by atoms with Crippen LogP contribution in [0, 0.1) is 5.41 Å². The highest BCUT2D eigenvalue weighted by molar-refractivity contribution is 7.89. The molecule has 0 aromatic carbocycles. The summed E-state index contributed by atoms with van der Waals surface area (Å²) in [5, 5.41) is 51.2. The molecular formula is C39H74FNO8S. The summed E-state index contributed by atoms with van der Waals surface area (Å²) in [4.78, 5) is 0. The van der Waals surface area contributed by atoms with Gasteiger partial charge in [-0.05, 0) is 50.4 Å². The quantitative estimate of drug-likeness (QED) is 0.0328. The van der Waals surface area contributed by atoms with Gasteiger partial charge in [-0.3, -0.25) is 0 Å². The third-order valence-electron chi connectivity index (χ3n) is 11.5. The molecule has 0 amide bonds. The molecule has 1 aliphatic heterocycles. The van der Waals surface area contributed by atoms with Crippen LogP contribution < -0.4 is 4.72 Å². The molecule has 3 saturated carbocycles. The molecule has 4 rings (SSSR count). The summed E-state index contributed by atoms with van der Waals surface area (Å²) >= 11 is -1.39. The molecule has 8 atom stereocenters. The molecular weight excluding hydrogens is 661 g/mol. The van der Waals surface area contributed by atoms with Crippen LogP contribution >= 0.6 is 0 Å². The van der Waals surface area contributed by atoms with E-state index in [9.17, 15) is 34.5 Å². The van der Waals surface area contributed by atoms with Crippen LogP contribution in [-0.2, 0) is 20.8 Å². The van der Waals surface area contributed by atoms with Gasteiger partial charge in [0.25, 0.3) is 0 Å². The SMILES string of the molecule is CCCCCCCCCCCCCCC[C@@H](O)[C@H](CO[C@H]1OC(CO)[C@H](O)C(O)[C@@H]1O)N[S+]([O-])CCCCCCCCCCC12CC(F)(C1)C2. The third-order valence-corrected chi connectivity index (χ3v) is 12.7. The Bertz CT molecular complexity index is 854. The highest BCUT2D eigenvalue weighted by Crippen LogP contribution is 2.71. The van der Waals surface area contributed by atoms with Crippen molar-refractivity contribution in [3.63, 3.8) is 0 Å². The Morgan fingerprint density at radius 1 is 0.760 bits per heavy atom. The fourth-order valence-corrected chi connectivity index (χ4v) is 9.49. The average molecular weight is 736 g/mol. The molecule has 4 fully saturated rings. The Kier molecular flexibility index (Phi) is 21.6. The number of aliphatic hydroxyl groups is 5. The lowest BCUT2D eigenvalue weighted by atomic mass is 9.41. The smallest absolute Gasteiger partial charge is 0.186 e. The van der Waals surface area contributed by atoms with Crippen molar-refractivity contribution in [3.8, 4) is 0 Å². The Hall–Kier alpha value is -0.0800. The molecule has 0 spiro atoms. The summed E-state index contributed by atoms with van der Waals surface area (Å²) in [5.41, 5.74) is -0.417. The number of ether oxygens (including phenoxy) is 2. The van der Waals surface area contributed by atoms with Crippen molar-refractivity contribution < 1.29 is 43.9 Å². The molecule has 3 aliphatic carbocycles.